The number of nitrogens with one attached hydrogen (secondary N) is 3. The van der Waals surface area contributed by atoms with Crippen molar-refractivity contribution in [3.05, 3.63) is 18.7 Å². The van der Waals surface area contributed by atoms with E-state index in [0.29, 0.717) is 13.0 Å². The smallest absolute Gasteiger partial charge is 0.262 e. The van der Waals surface area contributed by atoms with Crippen LogP contribution >= 0.6 is 11.6 Å². The number of H-pyrrole nitrogens is 1. The summed E-state index contributed by atoms with van der Waals surface area (Å²) < 4.78 is 1.82. The minimum atomic E-state index is 0.0515. The molecule has 0 fully saturated rings. The molecule has 0 bridgehead atoms. The van der Waals surface area contributed by atoms with Crippen molar-refractivity contribution < 1.29 is 14.2 Å². The molecule has 176 valence electrons. The summed E-state index contributed by atoms with van der Waals surface area (Å²) in [5.74, 6) is 0.205. The summed E-state index contributed by atoms with van der Waals surface area (Å²) in [5, 5.41) is 5.93. The average Bonchev–Trinajstić information content (AvgIpc) is 3.17. The van der Waals surface area contributed by atoms with Crippen LogP contribution in [0.1, 0.15) is 86.0 Å². The molecule has 1 heterocycles. The molecule has 6 nitrogen and oxygen atoms in total. The van der Waals surface area contributed by atoms with Crippen molar-refractivity contribution in [2.24, 2.45) is 5.41 Å². The van der Waals surface area contributed by atoms with Crippen molar-refractivity contribution >= 4 is 23.4 Å². The lowest BCUT2D eigenvalue weighted by Gasteiger charge is -2.17. The first-order valence-electron chi connectivity index (χ1n) is 11.2. The summed E-state index contributed by atoms with van der Waals surface area (Å²) in [6.07, 6.45) is 15.4. The highest BCUT2D eigenvalue weighted by atomic mass is 35.5. The van der Waals surface area contributed by atoms with Gasteiger partial charge < -0.3 is 10.6 Å². The zero-order valence-corrected chi connectivity index (χ0v) is 20.9. The number of rotatable bonds is 12. The summed E-state index contributed by atoms with van der Waals surface area (Å²) in [5.41, 5.74) is 0.0554. The molecule has 0 saturated carbocycles. The molecule has 1 rings (SSSR count). The Labute approximate surface area is 189 Å². The maximum absolute atomic E-state index is 11.7. The molecule has 0 aliphatic rings. The van der Waals surface area contributed by atoms with Crippen LogP contribution in [0.2, 0.25) is 0 Å². The second-order valence-electron chi connectivity index (χ2n) is 8.55. The topological polar surface area (TPSA) is 77.9 Å². The van der Waals surface area contributed by atoms with Crippen LogP contribution in [0.25, 0.3) is 0 Å². The Morgan fingerprint density at radius 1 is 0.900 bits per heavy atom. The first-order valence-corrected chi connectivity index (χ1v) is 12.0. The van der Waals surface area contributed by atoms with Crippen LogP contribution in [-0.2, 0) is 16.1 Å². The van der Waals surface area contributed by atoms with Crippen molar-refractivity contribution in [1.29, 1.82) is 0 Å². The largest absolute Gasteiger partial charge is 0.356 e. The summed E-state index contributed by atoms with van der Waals surface area (Å²) in [7, 11) is 0. The van der Waals surface area contributed by atoms with Crippen molar-refractivity contribution in [1.82, 2.24) is 15.6 Å². The van der Waals surface area contributed by atoms with Gasteiger partial charge in [0.15, 0.2) is 6.54 Å². The quantitative estimate of drug-likeness (QED) is 0.250. The minimum Gasteiger partial charge on any atom is -0.356 e. The van der Waals surface area contributed by atoms with E-state index in [-0.39, 0.29) is 17.2 Å². The van der Waals surface area contributed by atoms with Crippen molar-refractivity contribution in [2.75, 3.05) is 19.5 Å². The zero-order valence-electron chi connectivity index (χ0n) is 20.2. The first kappa shape index (κ1) is 30.6. The molecule has 3 N–H and O–H groups in total. The molecular formula is C23H46ClN4O2+. The second-order valence-corrected chi connectivity index (χ2v) is 8.55. The number of unbranched alkanes of at least 4 members (excludes halogenated alkanes) is 5. The Morgan fingerprint density at radius 3 is 1.80 bits per heavy atom. The molecule has 0 spiro atoms. The van der Waals surface area contributed by atoms with Gasteiger partial charge >= 0.3 is 0 Å². The summed E-state index contributed by atoms with van der Waals surface area (Å²) >= 11 is 4.64. The van der Waals surface area contributed by atoms with Gasteiger partial charge in [0.2, 0.25) is 12.2 Å². The number of alkyl halides is 1. The fraction of sp³-hybridized carbons (Fsp3) is 0.783. The fourth-order valence-electron chi connectivity index (χ4n) is 2.60. The summed E-state index contributed by atoms with van der Waals surface area (Å²) in [4.78, 5) is 26.3. The molecule has 0 atom stereocenters. The molecule has 30 heavy (non-hydrogen) atoms. The van der Waals surface area contributed by atoms with Crippen LogP contribution in [0.5, 0.6) is 0 Å². The van der Waals surface area contributed by atoms with Gasteiger partial charge in [-0.3, -0.25) is 14.6 Å². The highest BCUT2D eigenvalue weighted by Gasteiger charge is 2.15. The Kier molecular flexibility index (Phi) is 21.1. The Balaban J connectivity index is 0. The third-order valence-electron chi connectivity index (χ3n) is 3.87. The number of aromatic nitrogens is 2. The van der Waals surface area contributed by atoms with E-state index in [1.54, 1.807) is 12.5 Å². The Morgan fingerprint density at radius 2 is 1.37 bits per heavy atom. The average molecular weight is 446 g/mol. The van der Waals surface area contributed by atoms with Gasteiger partial charge in [0.25, 0.3) is 5.91 Å². The van der Waals surface area contributed by atoms with Gasteiger partial charge in [-0.05, 0) is 18.3 Å². The van der Waals surface area contributed by atoms with Crippen molar-refractivity contribution in [3.63, 3.8) is 0 Å². The van der Waals surface area contributed by atoms with Crippen LogP contribution < -0.4 is 15.2 Å². The normalized spacial score (nSPS) is 10.2. The summed E-state index contributed by atoms with van der Waals surface area (Å²) in [6.45, 7) is 12.4. The van der Waals surface area contributed by atoms with Crippen LogP contribution in [0, 0.1) is 5.41 Å². The second kappa shape index (κ2) is 20.7. The molecule has 2 amide bonds. The monoisotopic (exact) mass is 445 g/mol. The Hall–Kier alpha value is -1.56. The molecule has 7 heteroatoms. The van der Waals surface area contributed by atoms with Crippen LogP contribution in [-0.4, -0.2) is 36.3 Å². The number of imidazole rings is 1. The number of carbonyl (C=O) groups is 2. The van der Waals surface area contributed by atoms with Crippen molar-refractivity contribution in [2.45, 2.75) is 92.5 Å². The van der Waals surface area contributed by atoms with E-state index in [1.165, 1.54) is 25.6 Å². The molecule has 0 aliphatic carbocycles. The van der Waals surface area contributed by atoms with Crippen LogP contribution in [0.4, 0.5) is 0 Å². The number of hydrogen-bond acceptors (Lipinski definition) is 2. The van der Waals surface area contributed by atoms with E-state index in [2.05, 4.69) is 61.8 Å². The van der Waals surface area contributed by atoms with Gasteiger partial charge in [-0.1, -0.05) is 66.7 Å². The van der Waals surface area contributed by atoms with Gasteiger partial charge in [-0.25, -0.2) is 4.57 Å². The highest BCUT2D eigenvalue weighted by molar-refractivity contribution is 6.15. The number of amides is 2. The van der Waals surface area contributed by atoms with Gasteiger partial charge in [-0.2, -0.15) is 0 Å². The van der Waals surface area contributed by atoms with Gasteiger partial charge in [0, 0.05) is 25.9 Å². The van der Waals surface area contributed by atoms with Gasteiger partial charge in [0.1, 0.15) is 12.4 Å². The van der Waals surface area contributed by atoms with E-state index in [0.717, 1.165) is 38.8 Å². The molecule has 0 aliphatic heterocycles. The third kappa shape index (κ3) is 22.7. The standard InChI is InChI=1S/C19H34N4O2.C3H8.CH3Cl/c1-19(2,3)14-17(24)21-10-8-6-4-5-7-9-11-22-18(25)15-23-13-12-20-16-23;1-3-2;1-2/h12-13,16H,4-11,14-15H2,1-3H3,(H2,21,22,24,25);3H2,1-2H3;1H3/p+1. The van der Waals surface area contributed by atoms with Crippen LogP contribution in [0.3, 0.4) is 0 Å². The van der Waals surface area contributed by atoms with Crippen LogP contribution in [0.15, 0.2) is 18.7 Å². The molecule has 0 aromatic carbocycles. The summed E-state index contributed by atoms with van der Waals surface area (Å²) in [6, 6.07) is 0. The lowest BCUT2D eigenvalue weighted by atomic mass is 9.92. The molecule has 1 aromatic rings. The fourth-order valence-corrected chi connectivity index (χ4v) is 2.60. The molecule has 0 saturated heterocycles. The number of halogens is 1. The van der Waals surface area contributed by atoms with E-state index in [9.17, 15) is 9.59 Å². The molecular weight excluding hydrogens is 400 g/mol. The Bertz CT molecular complexity index is 514. The highest BCUT2D eigenvalue weighted by Crippen LogP contribution is 2.17. The maximum Gasteiger partial charge on any atom is 0.262 e. The number of aromatic amines is 1. The van der Waals surface area contributed by atoms with Gasteiger partial charge in [0.05, 0.1) is 0 Å². The lowest BCUT2D eigenvalue weighted by molar-refractivity contribution is -0.683. The van der Waals surface area contributed by atoms with E-state index in [1.807, 2.05) is 10.8 Å². The van der Waals surface area contributed by atoms with E-state index >= 15 is 0 Å². The number of nitrogens with zero attached hydrogens (tertiary/aromatic N) is 1. The van der Waals surface area contributed by atoms with E-state index in [4.69, 9.17) is 0 Å². The molecule has 0 radical (unpaired) electrons. The predicted octanol–water partition coefficient (Wildman–Crippen LogP) is 4.58. The lowest BCUT2D eigenvalue weighted by Crippen LogP contribution is -2.41. The predicted molar refractivity (Wildman–Crippen MR) is 127 cm³/mol. The maximum atomic E-state index is 11.7. The van der Waals surface area contributed by atoms with Crippen molar-refractivity contribution in [3.8, 4) is 0 Å². The number of hydrogen-bond donors (Lipinski definition) is 3. The van der Waals surface area contributed by atoms with E-state index < -0.39 is 0 Å². The minimum absolute atomic E-state index is 0.0515. The number of carbonyl (C=O) groups excluding carboxylic acids is 2. The SMILES string of the molecule is CC(C)(C)CC(=O)NCCCCCCCCNC(=O)C[n+]1cc[nH]c1.CCC.CCl. The molecule has 0 unspecified atom stereocenters. The van der Waals surface area contributed by atoms with Gasteiger partial charge in [-0.15, -0.1) is 11.6 Å². The third-order valence-corrected chi connectivity index (χ3v) is 3.87. The first-order chi connectivity index (χ1) is 14.3. The molecule has 1 aromatic heterocycles. The zero-order chi connectivity index (χ0) is 23.3.